The molecule has 10 heterocycles. The molecule has 2 amide bonds. The highest BCUT2D eigenvalue weighted by Gasteiger charge is 2.39. The second kappa shape index (κ2) is 19.0. The van der Waals surface area contributed by atoms with Crippen LogP contribution in [-0.2, 0) is 36.7 Å². The molecule has 0 spiro atoms. The van der Waals surface area contributed by atoms with E-state index in [1.54, 1.807) is 21.3 Å². The van der Waals surface area contributed by atoms with Gasteiger partial charge in [-0.15, -0.1) is 0 Å². The SMILES string of the molecule is COc1ccc2cc(-c3nc4cc(C(=O)N5CC[C@@H]6OC(Oc7ccc8cc(-c9nc%10cc(C(=O)N%11CC[C@H]%12OCCN[C@H]%12C%11)cc(OC)c%10n9C)n(CC9CC9)c8n7)CN[C@@H]6C5)cc(OC)c4n3C)n(CC3CC3)c2n1. The Hall–Kier alpha value is -7.26. The Labute approximate surface area is 444 Å². The van der Waals surface area contributed by atoms with Gasteiger partial charge >= 0.3 is 0 Å². The standard InChI is InChI=1S/C57H64N12O8/c1-64-50-38(60-54(64)41-22-33-10-12-47(74-5)62-52(33)68(41)27-31-6-7-31)21-36(25-46(50)73-4)57(71)67-18-15-44-40(30-67)59-26-49(76-44)77-48-13-11-34-23-42(69(53(34)63-48)28-32-8-9-32)55-61-37-20-35(24-45(72-3)51(37)65(55)2)56(70)66-17-14-43-39(29-66)58-16-19-75-43/h10-13,20-25,31-32,39-40,43-44,49,58-59H,6-9,14-19,26-30H2,1-5H3/t39-,40+,43+,44-,49?/m0/s1. The number of morpholine rings is 2. The molecule has 1 unspecified atom stereocenters. The number of pyridine rings is 2. The number of fused-ring (bicyclic) bond motifs is 6. The third-order valence-corrected chi connectivity index (χ3v) is 16.8. The van der Waals surface area contributed by atoms with Crippen LogP contribution in [0.4, 0.5) is 0 Å². The minimum absolute atomic E-state index is 0.0391. The number of ether oxygens (including phenoxy) is 6. The van der Waals surface area contributed by atoms with Gasteiger partial charge in [0.2, 0.25) is 18.1 Å². The molecule has 6 aliphatic rings. The number of aromatic nitrogens is 8. The number of amides is 2. The fourth-order valence-corrected chi connectivity index (χ4v) is 12.4. The number of rotatable bonds is 13. The lowest BCUT2D eigenvalue weighted by molar-refractivity contribution is -0.165. The van der Waals surface area contributed by atoms with Crippen LogP contribution >= 0.6 is 0 Å². The summed E-state index contributed by atoms with van der Waals surface area (Å²) in [5.74, 6) is 4.77. The Balaban J connectivity index is 0.675. The van der Waals surface area contributed by atoms with Crippen LogP contribution in [0.15, 0.2) is 60.7 Å². The van der Waals surface area contributed by atoms with E-state index in [2.05, 4.69) is 41.0 Å². The summed E-state index contributed by atoms with van der Waals surface area (Å²) >= 11 is 0. The predicted molar refractivity (Wildman–Crippen MR) is 288 cm³/mol. The summed E-state index contributed by atoms with van der Waals surface area (Å²) in [5, 5.41) is 9.16. The Bertz CT molecular complexity index is 3650. The zero-order valence-corrected chi connectivity index (χ0v) is 44.2. The monoisotopic (exact) mass is 1040 g/mol. The molecule has 400 valence electrons. The van der Waals surface area contributed by atoms with Gasteiger partial charge in [0.05, 0.1) is 81.2 Å². The summed E-state index contributed by atoms with van der Waals surface area (Å²) in [7, 11) is 8.91. The summed E-state index contributed by atoms with van der Waals surface area (Å²) in [6.45, 7) is 5.77. The minimum Gasteiger partial charge on any atom is -0.494 e. The Morgan fingerprint density at radius 1 is 0.623 bits per heavy atom. The fraction of sp³-hybridized carbons (Fsp3) is 0.474. The first-order chi connectivity index (χ1) is 37.6. The molecule has 8 aromatic rings. The van der Waals surface area contributed by atoms with Crippen molar-refractivity contribution in [3.05, 3.63) is 71.8 Å². The Kier molecular flexibility index (Phi) is 11.9. The second-order valence-electron chi connectivity index (χ2n) is 21.9. The lowest BCUT2D eigenvalue weighted by atomic mass is 9.99. The lowest BCUT2D eigenvalue weighted by Gasteiger charge is -2.43. The molecule has 2 N–H and O–H groups in total. The van der Waals surface area contributed by atoms with Crippen molar-refractivity contribution in [2.24, 2.45) is 25.9 Å². The average Bonchev–Trinajstić information content (AvgIpc) is 4.50. The molecule has 20 heteroatoms. The fourth-order valence-electron chi connectivity index (χ4n) is 12.4. The molecule has 0 radical (unpaired) electrons. The van der Waals surface area contributed by atoms with E-state index in [-0.39, 0.29) is 36.1 Å². The van der Waals surface area contributed by atoms with Crippen LogP contribution in [0.25, 0.3) is 67.2 Å². The van der Waals surface area contributed by atoms with E-state index in [9.17, 15) is 9.59 Å². The number of carbonyl (C=O) groups excluding carboxylic acids is 2. The molecular formula is C57H64N12O8. The van der Waals surface area contributed by atoms with E-state index in [0.29, 0.717) is 103 Å². The van der Waals surface area contributed by atoms with Gasteiger partial charge in [0, 0.05) is 93.9 Å². The van der Waals surface area contributed by atoms with Crippen LogP contribution in [0.5, 0.6) is 23.3 Å². The number of imidazole rings is 2. The molecule has 77 heavy (non-hydrogen) atoms. The van der Waals surface area contributed by atoms with Crippen LogP contribution in [0.1, 0.15) is 59.2 Å². The molecule has 5 atom stereocenters. The quantitative estimate of drug-likeness (QED) is 0.134. The average molecular weight is 1050 g/mol. The van der Waals surface area contributed by atoms with Crippen molar-refractivity contribution in [3.8, 4) is 46.3 Å². The molecule has 6 fully saturated rings. The van der Waals surface area contributed by atoms with E-state index >= 15 is 0 Å². The van der Waals surface area contributed by atoms with E-state index in [1.807, 2.05) is 72.4 Å². The van der Waals surface area contributed by atoms with Crippen LogP contribution in [0.3, 0.4) is 0 Å². The summed E-state index contributed by atoms with van der Waals surface area (Å²) in [6.07, 6.45) is 5.51. The number of aryl methyl sites for hydroxylation is 2. The maximum absolute atomic E-state index is 14.4. The molecule has 6 aromatic heterocycles. The van der Waals surface area contributed by atoms with Gasteiger partial charge in [-0.05, 0) is 98.9 Å². The van der Waals surface area contributed by atoms with Crippen LogP contribution in [0.2, 0.25) is 0 Å². The zero-order valence-electron chi connectivity index (χ0n) is 44.2. The maximum Gasteiger partial charge on any atom is 0.254 e. The first-order valence-corrected chi connectivity index (χ1v) is 27.2. The van der Waals surface area contributed by atoms with Crippen molar-refractivity contribution in [2.45, 2.75) is 82.2 Å². The summed E-state index contributed by atoms with van der Waals surface area (Å²) in [4.78, 5) is 52.6. The van der Waals surface area contributed by atoms with Gasteiger partial charge < -0.3 is 67.1 Å². The largest absolute Gasteiger partial charge is 0.494 e. The van der Waals surface area contributed by atoms with Gasteiger partial charge in [0.25, 0.3) is 11.8 Å². The third-order valence-electron chi connectivity index (χ3n) is 16.8. The van der Waals surface area contributed by atoms with Gasteiger partial charge in [0.15, 0.2) is 11.6 Å². The Morgan fingerprint density at radius 3 is 1.70 bits per heavy atom. The van der Waals surface area contributed by atoms with E-state index in [1.165, 1.54) is 12.8 Å². The normalized spacial score (nSPS) is 22.7. The molecule has 2 saturated carbocycles. The highest BCUT2D eigenvalue weighted by atomic mass is 16.7. The maximum atomic E-state index is 14.4. The minimum atomic E-state index is -0.580. The summed E-state index contributed by atoms with van der Waals surface area (Å²) in [6, 6.07) is 19.7. The molecule has 20 nitrogen and oxygen atoms in total. The van der Waals surface area contributed by atoms with Crippen LogP contribution < -0.4 is 29.6 Å². The van der Waals surface area contributed by atoms with Crippen molar-refractivity contribution in [1.82, 2.24) is 58.6 Å². The van der Waals surface area contributed by atoms with Crippen molar-refractivity contribution < 1.29 is 38.0 Å². The third kappa shape index (κ3) is 8.60. The molecule has 4 aliphatic heterocycles. The van der Waals surface area contributed by atoms with Crippen molar-refractivity contribution >= 4 is 55.9 Å². The lowest BCUT2D eigenvalue weighted by Crippen LogP contribution is -2.62. The van der Waals surface area contributed by atoms with Crippen molar-refractivity contribution in [3.63, 3.8) is 0 Å². The van der Waals surface area contributed by atoms with Crippen molar-refractivity contribution in [2.75, 3.05) is 67.2 Å². The second-order valence-corrected chi connectivity index (χ2v) is 21.9. The molecule has 0 bridgehead atoms. The van der Waals surface area contributed by atoms with Crippen LogP contribution in [0, 0.1) is 11.8 Å². The summed E-state index contributed by atoms with van der Waals surface area (Å²) in [5.41, 5.74) is 7.65. The van der Waals surface area contributed by atoms with Gasteiger partial charge in [-0.25, -0.2) is 9.97 Å². The van der Waals surface area contributed by atoms with Gasteiger partial charge in [0.1, 0.15) is 33.8 Å². The van der Waals surface area contributed by atoms with Gasteiger partial charge in [-0.2, -0.15) is 9.97 Å². The summed E-state index contributed by atoms with van der Waals surface area (Å²) < 4.78 is 45.2. The zero-order chi connectivity index (χ0) is 52.2. The van der Waals surface area contributed by atoms with Crippen LogP contribution in [-0.4, -0.2) is 158 Å². The molecular weight excluding hydrogens is 981 g/mol. The highest BCUT2D eigenvalue weighted by Crippen LogP contribution is 2.41. The number of benzene rings is 2. The molecule has 2 aromatic carbocycles. The molecule has 14 rings (SSSR count). The highest BCUT2D eigenvalue weighted by molar-refractivity contribution is 6.01. The number of nitrogens with one attached hydrogen (secondary N) is 2. The van der Waals surface area contributed by atoms with E-state index in [4.69, 9.17) is 48.4 Å². The van der Waals surface area contributed by atoms with E-state index in [0.717, 1.165) is 95.0 Å². The first-order valence-electron chi connectivity index (χ1n) is 27.2. The molecule has 2 aliphatic carbocycles. The van der Waals surface area contributed by atoms with E-state index < -0.39 is 6.29 Å². The predicted octanol–water partition coefficient (Wildman–Crippen LogP) is 6.15. The van der Waals surface area contributed by atoms with Crippen molar-refractivity contribution in [1.29, 1.82) is 0 Å². The Morgan fingerprint density at radius 2 is 1.16 bits per heavy atom. The number of hydrogen-bond donors (Lipinski definition) is 2. The number of hydrogen-bond acceptors (Lipinski definition) is 14. The topological polar surface area (TPSA) is 191 Å². The van der Waals surface area contributed by atoms with Gasteiger partial charge in [-0.3, -0.25) is 9.59 Å². The number of carbonyl (C=O) groups is 2. The smallest absolute Gasteiger partial charge is 0.254 e. The number of methoxy groups -OCH3 is 3. The number of piperidine rings is 2. The number of likely N-dealkylation sites (tertiary alicyclic amines) is 2. The first kappa shape index (κ1) is 48.1. The molecule has 4 saturated heterocycles. The van der Waals surface area contributed by atoms with Gasteiger partial charge in [-0.1, -0.05) is 0 Å². The number of nitrogens with zero attached hydrogens (tertiary/aromatic N) is 10.